The summed E-state index contributed by atoms with van der Waals surface area (Å²) in [6, 6.07) is 6.24. The maximum atomic E-state index is 12.1. The number of hydrogen-bond donors (Lipinski definition) is 2. The monoisotopic (exact) mass is 349 g/mol. The molecule has 1 amide bonds. The number of hydrogen-bond acceptors (Lipinski definition) is 4. The molecule has 0 radical (unpaired) electrons. The van der Waals surface area contributed by atoms with Gasteiger partial charge in [-0.3, -0.25) is 9.69 Å². The van der Waals surface area contributed by atoms with Gasteiger partial charge in [-0.05, 0) is 43.5 Å². The molecule has 0 aromatic heterocycles. The molecule has 1 aliphatic heterocycles. The van der Waals surface area contributed by atoms with Gasteiger partial charge in [-0.2, -0.15) is 11.8 Å². The Hall–Kier alpha value is -1.04. The van der Waals surface area contributed by atoms with E-state index >= 15 is 0 Å². The highest BCUT2D eigenvalue weighted by Gasteiger charge is 2.13. The number of anilines is 1. The van der Waals surface area contributed by atoms with E-state index in [2.05, 4.69) is 29.3 Å². The molecular formula is C19H31N3OS. The van der Waals surface area contributed by atoms with Gasteiger partial charge in [0, 0.05) is 43.2 Å². The van der Waals surface area contributed by atoms with Crippen LogP contribution in [0, 0.1) is 6.92 Å². The molecule has 0 saturated carbocycles. The van der Waals surface area contributed by atoms with Gasteiger partial charge in [0.25, 0.3) is 0 Å². The number of unbranched alkanes of at least 4 members (excludes halogenated alkanes) is 3. The summed E-state index contributed by atoms with van der Waals surface area (Å²) in [5, 5.41) is 3.09. The quantitative estimate of drug-likeness (QED) is 0.671. The van der Waals surface area contributed by atoms with E-state index in [1.807, 2.05) is 17.8 Å². The highest BCUT2D eigenvalue weighted by atomic mass is 32.2. The normalized spacial score (nSPS) is 15.4. The maximum absolute atomic E-state index is 12.1. The van der Waals surface area contributed by atoms with Gasteiger partial charge in [-0.15, -0.1) is 0 Å². The average molecular weight is 350 g/mol. The maximum Gasteiger partial charge on any atom is 0.224 e. The number of benzene rings is 1. The molecule has 1 aromatic rings. The van der Waals surface area contributed by atoms with Crippen LogP contribution in [0.2, 0.25) is 0 Å². The fourth-order valence-corrected chi connectivity index (χ4v) is 3.97. The van der Waals surface area contributed by atoms with Crippen molar-refractivity contribution in [2.45, 2.75) is 45.6 Å². The molecule has 1 aliphatic rings. The number of carbonyl (C=O) groups is 1. The predicted octanol–water partition coefficient (Wildman–Crippen LogP) is 3.39. The predicted molar refractivity (Wildman–Crippen MR) is 105 cm³/mol. The van der Waals surface area contributed by atoms with E-state index < -0.39 is 0 Å². The summed E-state index contributed by atoms with van der Waals surface area (Å²) < 4.78 is 0. The largest absolute Gasteiger partial charge is 0.330 e. The van der Waals surface area contributed by atoms with Crippen LogP contribution in [0.25, 0.3) is 0 Å². The summed E-state index contributed by atoms with van der Waals surface area (Å²) in [5.41, 5.74) is 8.97. The Labute approximate surface area is 150 Å². The molecule has 1 fully saturated rings. The first-order valence-electron chi connectivity index (χ1n) is 9.09. The second-order valence-electron chi connectivity index (χ2n) is 6.48. The van der Waals surface area contributed by atoms with E-state index in [9.17, 15) is 4.79 Å². The standard InChI is InChI=1S/C19H31N3OS/c1-16-17(15-22-11-13-24-14-12-22)7-6-8-18(16)21-19(23)9-4-2-3-5-10-20/h6-8H,2-5,9-15,20H2,1H3,(H,21,23). The number of nitrogens with zero attached hydrogens (tertiary/aromatic N) is 1. The van der Waals surface area contributed by atoms with Crippen molar-refractivity contribution in [3.8, 4) is 0 Å². The van der Waals surface area contributed by atoms with E-state index in [1.54, 1.807) is 0 Å². The molecule has 0 atom stereocenters. The van der Waals surface area contributed by atoms with E-state index in [0.29, 0.717) is 6.42 Å². The zero-order chi connectivity index (χ0) is 17.2. The first-order valence-corrected chi connectivity index (χ1v) is 10.2. The van der Waals surface area contributed by atoms with Gasteiger partial charge in [-0.1, -0.05) is 25.0 Å². The molecule has 1 saturated heterocycles. The first-order chi connectivity index (χ1) is 11.7. The van der Waals surface area contributed by atoms with Crippen LogP contribution in [-0.4, -0.2) is 41.9 Å². The van der Waals surface area contributed by atoms with Gasteiger partial charge in [-0.25, -0.2) is 0 Å². The van der Waals surface area contributed by atoms with Crippen LogP contribution in [0.4, 0.5) is 5.69 Å². The minimum absolute atomic E-state index is 0.123. The van der Waals surface area contributed by atoms with Crippen LogP contribution in [0.15, 0.2) is 18.2 Å². The van der Waals surface area contributed by atoms with Gasteiger partial charge < -0.3 is 11.1 Å². The lowest BCUT2D eigenvalue weighted by Crippen LogP contribution is -2.32. The van der Waals surface area contributed by atoms with Gasteiger partial charge in [0.05, 0.1) is 0 Å². The summed E-state index contributed by atoms with van der Waals surface area (Å²) in [4.78, 5) is 14.7. The third-order valence-corrected chi connectivity index (χ3v) is 5.52. The smallest absolute Gasteiger partial charge is 0.224 e. The molecule has 0 aliphatic carbocycles. The van der Waals surface area contributed by atoms with E-state index in [4.69, 9.17) is 5.73 Å². The van der Waals surface area contributed by atoms with Crippen molar-refractivity contribution in [2.75, 3.05) is 36.5 Å². The zero-order valence-electron chi connectivity index (χ0n) is 14.9. The van der Waals surface area contributed by atoms with E-state index in [-0.39, 0.29) is 5.91 Å². The van der Waals surface area contributed by atoms with Crippen molar-refractivity contribution in [3.05, 3.63) is 29.3 Å². The fraction of sp³-hybridized carbons (Fsp3) is 0.632. The van der Waals surface area contributed by atoms with Crippen LogP contribution < -0.4 is 11.1 Å². The molecule has 134 valence electrons. The van der Waals surface area contributed by atoms with Crippen molar-refractivity contribution in [3.63, 3.8) is 0 Å². The molecule has 0 bridgehead atoms. The average Bonchev–Trinajstić information content (AvgIpc) is 2.59. The minimum Gasteiger partial charge on any atom is -0.330 e. The van der Waals surface area contributed by atoms with E-state index in [0.717, 1.165) is 57.5 Å². The van der Waals surface area contributed by atoms with E-state index in [1.165, 1.54) is 22.6 Å². The Bertz CT molecular complexity index is 515. The second kappa shape index (κ2) is 10.7. The number of nitrogens with two attached hydrogens (primary N) is 1. The number of rotatable bonds is 9. The van der Waals surface area contributed by atoms with Crippen molar-refractivity contribution >= 4 is 23.4 Å². The molecule has 1 heterocycles. The molecular weight excluding hydrogens is 318 g/mol. The number of amides is 1. The van der Waals surface area contributed by atoms with Crippen LogP contribution in [-0.2, 0) is 11.3 Å². The number of thioether (sulfide) groups is 1. The summed E-state index contributed by atoms with van der Waals surface area (Å²) in [6.07, 6.45) is 4.79. The topological polar surface area (TPSA) is 58.4 Å². The van der Waals surface area contributed by atoms with Crippen molar-refractivity contribution in [2.24, 2.45) is 5.73 Å². The Morgan fingerprint density at radius 3 is 2.71 bits per heavy atom. The highest BCUT2D eigenvalue weighted by molar-refractivity contribution is 7.99. The lowest BCUT2D eigenvalue weighted by molar-refractivity contribution is -0.116. The Balaban J connectivity index is 1.84. The lowest BCUT2D eigenvalue weighted by Gasteiger charge is -2.27. The Morgan fingerprint density at radius 1 is 1.21 bits per heavy atom. The molecule has 3 N–H and O–H groups in total. The minimum atomic E-state index is 0.123. The number of carbonyl (C=O) groups excluding carboxylic acids is 1. The van der Waals surface area contributed by atoms with Gasteiger partial charge in [0.1, 0.15) is 0 Å². The van der Waals surface area contributed by atoms with Gasteiger partial charge >= 0.3 is 0 Å². The third-order valence-electron chi connectivity index (χ3n) is 4.58. The molecule has 0 spiro atoms. The second-order valence-corrected chi connectivity index (χ2v) is 7.70. The first kappa shape index (κ1) is 19.3. The zero-order valence-corrected chi connectivity index (χ0v) is 15.7. The van der Waals surface area contributed by atoms with Crippen LogP contribution >= 0.6 is 11.8 Å². The van der Waals surface area contributed by atoms with Gasteiger partial charge in [0.2, 0.25) is 5.91 Å². The molecule has 24 heavy (non-hydrogen) atoms. The molecule has 1 aromatic carbocycles. The van der Waals surface area contributed by atoms with Crippen LogP contribution in [0.1, 0.15) is 43.2 Å². The van der Waals surface area contributed by atoms with Crippen molar-refractivity contribution in [1.82, 2.24) is 4.90 Å². The Kier molecular flexibility index (Phi) is 8.64. The van der Waals surface area contributed by atoms with Crippen molar-refractivity contribution in [1.29, 1.82) is 0 Å². The molecule has 4 nitrogen and oxygen atoms in total. The van der Waals surface area contributed by atoms with Crippen LogP contribution in [0.5, 0.6) is 0 Å². The summed E-state index contributed by atoms with van der Waals surface area (Å²) in [5.74, 6) is 2.57. The third kappa shape index (κ3) is 6.46. The summed E-state index contributed by atoms with van der Waals surface area (Å²) in [6.45, 7) is 6.15. The van der Waals surface area contributed by atoms with Crippen LogP contribution in [0.3, 0.4) is 0 Å². The fourth-order valence-electron chi connectivity index (χ4n) is 2.99. The summed E-state index contributed by atoms with van der Waals surface area (Å²) in [7, 11) is 0. The number of nitrogens with one attached hydrogen (secondary N) is 1. The van der Waals surface area contributed by atoms with Gasteiger partial charge in [0.15, 0.2) is 0 Å². The molecule has 0 unspecified atom stereocenters. The highest BCUT2D eigenvalue weighted by Crippen LogP contribution is 2.22. The lowest BCUT2D eigenvalue weighted by atomic mass is 10.1. The molecule has 5 heteroatoms. The SMILES string of the molecule is Cc1c(CN2CCSCC2)cccc1NC(=O)CCCCCCN. The van der Waals surface area contributed by atoms with Crippen molar-refractivity contribution < 1.29 is 4.79 Å². The molecule has 2 rings (SSSR count). The Morgan fingerprint density at radius 2 is 1.96 bits per heavy atom. The summed E-state index contributed by atoms with van der Waals surface area (Å²) >= 11 is 2.03.